The summed E-state index contributed by atoms with van der Waals surface area (Å²) in [7, 11) is 0. The molecule has 188 valence electrons. The second kappa shape index (κ2) is 9.54. The smallest absolute Gasteiger partial charge is 0.407 e. The second-order valence-electron chi connectivity index (χ2n) is 10.9. The van der Waals surface area contributed by atoms with Gasteiger partial charge in [-0.15, -0.1) is 6.58 Å². The Bertz CT molecular complexity index is 770. The molecule has 3 fully saturated rings. The van der Waals surface area contributed by atoms with Gasteiger partial charge in [-0.05, 0) is 60.3 Å². The van der Waals surface area contributed by atoms with Crippen molar-refractivity contribution in [1.82, 2.24) is 10.2 Å². The van der Waals surface area contributed by atoms with E-state index in [9.17, 15) is 27.6 Å². The summed E-state index contributed by atoms with van der Waals surface area (Å²) in [5.74, 6) is -2.27. The van der Waals surface area contributed by atoms with Crippen LogP contribution in [-0.4, -0.2) is 59.4 Å². The molecule has 0 radical (unpaired) electrons. The molecule has 7 nitrogen and oxygen atoms in total. The molecule has 33 heavy (non-hydrogen) atoms. The van der Waals surface area contributed by atoms with Crippen LogP contribution in [0.4, 0.5) is 18.0 Å². The lowest BCUT2D eigenvalue weighted by Crippen LogP contribution is -2.63. The molecule has 1 aliphatic carbocycles. The minimum absolute atomic E-state index is 0.0833. The van der Waals surface area contributed by atoms with Crippen LogP contribution >= 0.6 is 0 Å². The summed E-state index contributed by atoms with van der Waals surface area (Å²) < 4.78 is 50.3. The van der Waals surface area contributed by atoms with Crippen molar-refractivity contribution in [3.05, 3.63) is 12.7 Å². The molecule has 2 amide bonds. The number of piperidine rings is 1. The molecule has 3 unspecified atom stereocenters. The first-order valence-corrected chi connectivity index (χ1v) is 11.1. The molecule has 10 heteroatoms. The van der Waals surface area contributed by atoms with E-state index in [-0.39, 0.29) is 18.4 Å². The lowest BCUT2D eigenvalue weighted by atomic mass is 9.89. The first kappa shape index (κ1) is 27.0. The molecule has 5 atom stereocenters. The fraction of sp³-hybridized carbons (Fsp3) is 0.783. The van der Waals surface area contributed by atoms with E-state index >= 15 is 0 Å². The quantitative estimate of drug-likeness (QED) is 0.485. The van der Waals surface area contributed by atoms with Gasteiger partial charge in [0.25, 0.3) is 0 Å². The Morgan fingerprint density at radius 3 is 2.18 bits per heavy atom. The fourth-order valence-electron chi connectivity index (χ4n) is 4.37. The van der Waals surface area contributed by atoms with Crippen LogP contribution in [0.1, 0.15) is 60.8 Å². The van der Waals surface area contributed by atoms with E-state index in [0.29, 0.717) is 12.8 Å². The van der Waals surface area contributed by atoms with E-state index in [4.69, 9.17) is 9.47 Å². The van der Waals surface area contributed by atoms with Gasteiger partial charge in [0.1, 0.15) is 18.1 Å². The first-order valence-electron chi connectivity index (χ1n) is 11.1. The largest absolute Gasteiger partial charge is 0.459 e. The Kier molecular flexibility index (Phi) is 7.80. The Morgan fingerprint density at radius 1 is 1.09 bits per heavy atom. The molecule has 2 bridgehead atoms. The summed E-state index contributed by atoms with van der Waals surface area (Å²) in [6, 6.07) is -1.74. The standard InChI is InChI=1S/C23H35F3N2O5/c1-8-14-9-13-10-15(27-20(31)33-22(5,6)7)17(18(14)32-19(30)21(2,3)4)28(12-13)16(29)11-23(24,25)26/h8,13-15,17-18H,1,9-12H2,2-7H3,(H,27,31)/t13?,14-,15?,17?,18-/m0/s1. The fourth-order valence-corrected chi connectivity index (χ4v) is 4.37. The average Bonchev–Trinajstić information content (AvgIpc) is 2.83. The molecule has 2 saturated heterocycles. The molecular weight excluding hydrogens is 441 g/mol. The predicted molar refractivity (Wildman–Crippen MR) is 115 cm³/mol. The maximum atomic E-state index is 13.1. The normalized spacial score (nSPS) is 28.0. The van der Waals surface area contributed by atoms with Gasteiger partial charge in [0.15, 0.2) is 0 Å². The lowest BCUT2D eigenvalue weighted by Gasteiger charge is -2.45. The number of halogens is 3. The van der Waals surface area contributed by atoms with Crippen molar-refractivity contribution in [2.24, 2.45) is 17.3 Å². The maximum absolute atomic E-state index is 13.1. The summed E-state index contributed by atoms with van der Waals surface area (Å²) in [5, 5.41) is 2.72. The van der Waals surface area contributed by atoms with Crippen molar-refractivity contribution >= 4 is 18.0 Å². The SMILES string of the molecule is C=C[C@H]1CC2CC(NC(=O)OC(C)(C)C)C([C@H]1OC(=O)C(C)(C)C)N(C(=O)CC(F)(F)F)C2. The number of rotatable bonds is 4. The molecule has 0 aromatic carbocycles. The Labute approximate surface area is 193 Å². The lowest BCUT2D eigenvalue weighted by molar-refractivity contribution is -0.175. The van der Waals surface area contributed by atoms with Crippen LogP contribution in [0.25, 0.3) is 0 Å². The van der Waals surface area contributed by atoms with Crippen LogP contribution in [-0.2, 0) is 19.1 Å². The van der Waals surface area contributed by atoms with Crippen molar-refractivity contribution in [2.75, 3.05) is 6.54 Å². The molecule has 2 heterocycles. The Morgan fingerprint density at radius 2 is 1.70 bits per heavy atom. The van der Waals surface area contributed by atoms with Crippen LogP contribution in [0, 0.1) is 17.3 Å². The molecule has 0 aromatic rings. The third-order valence-electron chi connectivity index (χ3n) is 5.71. The van der Waals surface area contributed by atoms with Gasteiger partial charge in [-0.25, -0.2) is 4.79 Å². The van der Waals surface area contributed by atoms with Crippen molar-refractivity contribution < 1.29 is 37.0 Å². The number of hydrogen-bond acceptors (Lipinski definition) is 5. The number of carbonyl (C=O) groups excluding carboxylic acids is 3. The highest BCUT2D eigenvalue weighted by Gasteiger charge is 2.52. The summed E-state index contributed by atoms with van der Waals surface area (Å²) in [4.78, 5) is 39.1. The molecule has 3 aliphatic rings. The van der Waals surface area contributed by atoms with Gasteiger partial charge in [0.2, 0.25) is 5.91 Å². The van der Waals surface area contributed by atoms with Crippen LogP contribution in [0.2, 0.25) is 0 Å². The van der Waals surface area contributed by atoms with Gasteiger partial charge in [-0.1, -0.05) is 6.08 Å². The van der Waals surface area contributed by atoms with E-state index in [1.807, 2.05) is 0 Å². The van der Waals surface area contributed by atoms with Crippen LogP contribution < -0.4 is 5.32 Å². The Balaban J connectivity index is 2.46. The van der Waals surface area contributed by atoms with Crippen LogP contribution in [0.5, 0.6) is 0 Å². The van der Waals surface area contributed by atoms with Crippen molar-refractivity contribution in [3.63, 3.8) is 0 Å². The van der Waals surface area contributed by atoms with E-state index in [2.05, 4.69) is 11.9 Å². The number of carbonyl (C=O) groups is 3. The Hall–Kier alpha value is -2.26. The van der Waals surface area contributed by atoms with Gasteiger partial charge in [-0.2, -0.15) is 13.2 Å². The number of hydrogen-bond donors (Lipinski definition) is 1. The van der Waals surface area contributed by atoms with Gasteiger partial charge in [-0.3, -0.25) is 9.59 Å². The number of esters is 1. The highest BCUT2D eigenvalue weighted by atomic mass is 19.4. The van der Waals surface area contributed by atoms with Gasteiger partial charge >= 0.3 is 18.2 Å². The molecular formula is C23H35F3N2O5. The van der Waals surface area contributed by atoms with E-state index in [1.54, 1.807) is 47.6 Å². The highest BCUT2D eigenvalue weighted by Crippen LogP contribution is 2.41. The number of nitrogens with one attached hydrogen (secondary N) is 1. The number of fused-ring (bicyclic) bond motifs is 4. The average molecular weight is 477 g/mol. The highest BCUT2D eigenvalue weighted by molar-refractivity contribution is 5.78. The second-order valence-corrected chi connectivity index (χ2v) is 10.9. The number of nitrogens with zero attached hydrogens (tertiary/aromatic N) is 1. The number of amides is 2. The summed E-state index contributed by atoms with van der Waals surface area (Å²) in [5.41, 5.74) is -1.66. The minimum Gasteiger partial charge on any atom is -0.459 e. The first-order chi connectivity index (χ1) is 14.9. The summed E-state index contributed by atoms with van der Waals surface area (Å²) in [6.07, 6.45) is -5.55. The number of ether oxygens (including phenoxy) is 2. The van der Waals surface area contributed by atoms with Crippen LogP contribution in [0.3, 0.4) is 0 Å². The monoisotopic (exact) mass is 476 g/mol. The summed E-state index contributed by atoms with van der Waals surface area (Å²) in [6.45, 7) is 14.0. The molecule has 3 rings (SSSR count). The molecule has 1 saturated carbocycles. The third kappa shape index (κ3) is 7.37. The van der Waals surface area contributed by atoms with Crippen molar-refractivity contribution in [2.45, 2.75) is 90.8 Å². The van der Waals surface area contributed by atoms with E-state index < -0.39 is 59.8 Å². The van der Waals surface area contributed by atoms with Crippen molar-refractivity contribution in [1.29, 1.82) is 0 Å². The van der Waals surface area contributed by atoms with Crippen molar-refractivity contribution in [3.8, 4) is 0 Å². The zero-order chi connectivity index (χ0) is 25.4. The number of alkyl halides is 3. The minimum atomic E-state index is -4.69. The maximum Gasteiger partial charge on any atom is 0.407 e. The van der Waals surface area contributed by atoms with Gasteiger partial charge in [0, 0.05) is 12.5 Å². The zero-order valence-electron chi connectivity index (χ0n) is 20.1. The molecule has 2 aliphatic heterocycles. The molecule has 0 aromatic heterocycles. The summed E-state index contributed by atoms with van der Waals surface area (Å²) >= 11 is 0. The third-order valence-corrected chi connectivity index (χ3v) is 5.71. The molecule has 1 N–H and O–H groups in total. The van der Waals surface area contributed by atoms with Crippen LogP contribution in [0.15, 0.2) is 12.7 Å². The van der Waals surface area contributed by atoms with Gasteiger partial charge < -0.3 is 19.7 Å². The predicted octanol–water partition coefficient (Wildman–Crippen LogP) is 4.21. The zero-order valence-corrected chi connectivity index (χ0v) is 20.1. The van der Waals surface area contributed by atoms with Gasteiger partial charge in [0.05, 0.1) is 17.5 Å². The van der Waals surface area contributed by atoms with E-state index in [0.717, 1.165) is 4.90 Å². The molecule has 0 spiro atoms. The topological polar surface area (TPSA) is 84.9 Å². The van der Waals surface area contributed by atoms with E-state index in [1.165, 1.54) is 0 Å². The number of alkyl carbamates (subject to hydrolysis) is 1.